The number of ether oxygens (including phenoxy) is 1. The summed E-state index contributed by atoms with van der Waals surface area (Å²) in [6, 6.07) is 13.7. The summed E-state index contributed by atoms with van der Waals surface area (Å²) in [7, 11) is -3.30. The van der Waals surface area contributed by atoms with Crippen LogP contribution in [0.5, 0.6) is 5.75 Å². The molecule has 2 aliphatic heterocycles. The first-order valence-corrected chi connectivity index (χ1v) is 11.1. The number of sulfonamides is 1. The summed E-state index contributed by atoms with van der Waals surface area (Å²) in [5, 5.41) is 0. The molecule has 2 aromatic rings. The van der Waals surface area contributed by atoms with Crippen LogP contribution in [-0.4, -0.2) is 54.1 Å². The van der Waals surface area contributed by atoms with Gasteiger partial charge in [-0.1, -0.05) is 24.3 Å². The highest BCUT2D eigenvalue weighted by Gasteiger charge is 2.42. The fourth-order valence-corrected chi connectivity index (χ4v) is 4.74. The summed E-state index contributed by atoms with van der Waals surface area (Å²) in [6.07, 6.45) is 4.68. The van der Waals surface area contributed by atoms with Gasteiger partial charge >= 0.3 is 0 Å². The van der Waals surface area contributed by atoms with Crippen LogP contribution in [0, 0.1) is 0 Å². The zero-order chi connectivity index (χ0) is 18.9. The monoisotopic (exact) mass is 387 g/mol. The highest BCUT2D eigenvalue weighted by molar-refractivity contribution is 7.88. The molecule has 1 saturated heterocycles. The van der Waals surface area contributed by atoms with Crippen LogP contribution in [0.15, 0.2) is 48.7 Å². The maximum atomic E-state index is 12.3. The molecule has 0 saturated carbocycles. The fourth-order valence-electron chi connectivity index (χ4n) is 3.90. The molecule has 1 spiro atoms. The van der Waals surface area contributed by atoms with E-state index < -0.39 is 15.6 Å². The Labute approximate surface area is 160 Å². The predicted octanol–water partition coefficient (Wildman–Crippen LogP) is 2.27. The van der Waals surface area contributed by atoms with Gasteiger partial charge in [0.1, 0.15) is 11.4 Å². The molecule has 3 heterocycles. The van der Waals surface area contributed by atoms with Crippen LogP contribution in [0.3, 0.4) is 0 Å². The minimum absolute atomic E-state index is 0.369. The minimum atomic E-state index is -3.30. The van der Waals surface area contributed by atoms with Gasteiger partial charge in [0, 0.05) is 50.8 Å². The molecule has 1 aromatic carbocycles. The number of piperidine rings is 1. The summed E-state index contributed by atoms with van der Waals surface area (Å²) < 4.78 is 32.7. The second kappa shape index (κ2) is 7.22. The molecule has 0 unspecified atom stereocenters. The van der Waals surface area contributed by atoms with Gasteiger partial charge in [-0.25, -0.2) is 8.42 Å². The maximum Gasteiger partial charge on any atom is 0.211 e. The first-order valence-electron chi connectivity index (χ1n) is 9.28. The van der Waals surface area contributed by atoms with E-state index in [1.807, 2.05) is 48.7 Å². The average molecular weight is 388 g/mol. The smallest absolute Gasteiger partial charge is 0.211 e. The highest BCUT2D eigenvalue weighted by Crippen LogP contribution is 2.36. The van der Waals surface area contributed by atoms with Gasteiger partial charge in [-0.2, -0.15) is 4.31 Å². The Balaban J connectivity index is 1.53. The van der Waals surface area contributed by atoms with Crippen molar-refractivity contribution in [1.82, 2.24) is 14.2 Å². The number of nitrogens with zero attached hydrogens (tertiary/aromatic N) is 3. The van der Waals surface area contributed by atoms with Crippen molar-refractivity contribution in [1.29, 1.82) is 0 Å². The lowest BCUT2D eigenvalue weighted by atomic mass is 9.90. The third-order valence-corrected chi connectivity index (χ3v) is 6.65. The Kier molecular flexibility index (Phi) is 4.92. The lowest BCUT2D eigenvalue weighted by Gasteiger charge is -2.42. The van der Waals surface area contributed by atoms with E-state index >= 15 is 0 Å². The average Bonchev–Trinajstić information content (AvgIpc) is 2.81. The third-order valence-electron chi connectivity index (χ3n) is 5.46. The van der Waals surface area contributed by atoms with Gasteiger partial charge in [-0.05, 0) is 18.2 Å². The molecular weight excluding hydrogens is 362 g/mol. The summed E-state index contributed by atoms with van der Waals surface area (Å²) in [4.78, 5) is 6.77. The van der Waals surface area contributed by atoms with Crippen molar-refractivity contribution in [3.63, 3.8) is 0 Å². The SMILES string of the molecule is CS(=O)(=O)N1Cc2ccccc2OC2(CCN(Cc3ccccn3)CC2)C1. The zero-order valence-corrected chi connectivity index (χ0v) is 16.4. The van der Waals surface area contributed by atoms with Crippen LogP contribution < -0.4 is 4.74 Å². The first-order chi connectivity index (χ1) is 12.9. The quantitative estimate of drug-likeness (QED) is 0.809. The van der Waals surface area contributed by atoms with Crippen LogP contribution in [0.4, 0.5) is 0 Å². The fraction of sp³-hybridized carbons (Fsp3) is 0.450. The molecule has 27 heavy (non-hydrogen) atoms. The van der Waals surface area contributed by atoms with Gasteiger partial charge in [0.05, 0.1) is 18.5 Å². The molecular formula is C20H25N3O3S. The van der Waals surface area contributed by atoms with Gasteiger partial charge in [-0.15, -0.1) is 0 Å². The number of likely N-dealkylation sites (tertiary alicyclic amines) is 1. The van der Waals surface area contributed by atoms with Gasteiger partial charge in [0.15, 0.2) is 0 Å². The molecule has 1 fully saturated rings. The normalized spacial score (nSPS) is 20.6. The van der Waals surface area contributed by atoms with E-state index in [2.05, 4.69) is 9.88 Å². The van der Waals surface area contributed by atoms with Crippen molar-refractivity contribution in [2.24, 2.45) is 0 Å². The lowest BCUT2D eigenvalue weighted by Crippen LogP contribution is -2.53. The Morgan fingerprint density at radius 1 is 1.11 bits per heavy atom. The molecule has 0 bridgehead atoms. The van der Waals surface area contributed by atoms with Gasteiger partial charge in [0.25, 0.3) is 0 Å². The molecule has 144 valence electrons. The Morgan fingerprint density at radius 2 is 1.85 bits per heavy atom. The van der Waals surface area contributed by atoms with Gasteiger partial charge < -0.3 is 4.74 Å². The van der Waals surface area contributed by atoms with E-state index in [9.17, 15) is 8.42 Å². The van der Waals surface area contributed by atoms with Crippen molar-refractivity contribution >= 4 is 10.0 Å². The summed E-state index contributed by atoms with van der Waals surface area (Å²) in [6.45, 7) is 3.29. The molecule has 0 aliphatic carbocycles. The van der Waals surface area contributed by atoms with E-state index in [-0.39, 0.29) is 0 Å². The molecule has 6 nitrogen and oxygen atoms in total. The van der Waals surface area contributed by atoms with Crippen molar-refractivity contribution < 1.29 is 13.2 Å². The van der Waals surface area contributed by atoms with Crippen molar-refractivity contribution in [2.75, 3.05) is 25.9 Å². The Morgan fingerprint density at radius 3 is 2.56 bits per heavy atom. The summed E-state index contributed by atoms with van der Waals surface area (Å²) in [5.41, 5.74) is 1.50. The Bertz CT molecular complexity index is 894. The van der Waals surface area contributed by atoms with Crippen LogP contribution in [0.1, 0.15) is 24.1 Å². The topological polar surface area (TPSA) is 62.7 Å². The van der Waals surface area contributed by atoms with E-state index in [1.54, 1.807) is 4.31 Å². The van der Waals surface area contributed by atoms with Crippen LogP contribution >= 0.6 is 0 Å². The first kappa shape index (κ1) is 18.4. The van der Waals surface area contributed by atoms with Gasteiger partial charge in [-0.3, -0.25) is 9.88 Å². The number of hydrogen-bond donors (Lipinski definition) is 0. The molecule has 1 aromatic heterocycles. The molecule has 0 N–H and O–H groups in total. The number of benzene rings is 1. The molecule has 0 amide bonds. The van der Waals surface area contributed by atoms with Crippen molar-refractivity contribution in [3.8, 4) is 5.75 Å². The molecule has 0 atom stereocenters. The molecule has 4 rings (SSSR count). The number of fused-ring (bicyclic) bond motifs is 1. The lowest BCUT2D eigenvalue weighted by molar-refractivity contribution is -0.00770. The second-order valence-electron chi connectivity index (χ2n) is 7.52. The van der Waals surface area contributed by atoms with E-state index in [0.29, 0.717) is 13.1 Å². The van der Waals surface area contributed by atoms with Crippen molar-refractivity contribution in [3.05, 3.63) is 59.9 Å². The largest absolute Gasteiger partial charge is 0.485 e. The van der Waals surface area contributed by atoms with E-state index in [1.165, 1.54) is 6.26 Å². The number of para-hydroxylation sites is 1. The number of rotatable bonds is 3. The Hall–Kier alpha value is -1.96. The molecule has 2 aliphatic rings. The van der Waals surface area contributed by atoms with Crippen LogP contribution in [-0.2, 0) is 23.1 Å². The van der Waals surface area contributed by atoms with E-state index in [0.717, 1.165) is 49.5 Å². The minimum Gasteiger partial charge on any atom is -0.485 e. The number of pyridine rings is 1. The summed E-state index contributed by atoms with van der Waals surface area (Å²) >= 11 is 0. The second-order valence-corrected chi connectivity index (χ2v) is 9.50. The molecule has 7 heteroatoms. The molecule has 0 radical (unpaired) electrons. The standard InChI is InChI=1S/C20H25N3O3S/c1-27(24,25)23-14-17-6-2-3-8-19(17)26-20(16-23)9-12-22(13-10-20)15-18-7-4-5-11-21-18/h2-8,11H,9-10,12-16H2,1H3. The number of aromatic nitrogens is 1. The van der Waals surface area contributed by atoms with Crippen LogP contribution in [0.25, 0.3) is 0 Å². The van der Waals surface area contributed by atoms with Gasteiger partial charge in [0.2, 0.25) is 10.0 Å². The van der Waals surface area contributed by atoms with Crippen LogP contribution in [0.2, 0.25) is 0 Å². The van der Waals surface area contributed by atoms with E-state index in [4.69, 9.17) is 4.74 Å². The highest BCUT2D eigenvalue weighted by atomic mass is 32.2. The summed E-state index contributed by atoms with van der Waals surface area (Å²) in [5.74, 6) is 0.807. The number of hydrogen-bond acceptors (Lipinski definition) is 5. The predicted molar refractivity (Wildman–Crippen MR) is 104 cm³/mol. The maximum absolute atomic E-state index is 12.3. The third kappa shape index (κ3) is 4.15. The van der Waals surface area contributed by atoms with Crippen molar-refractivity contribution in [2.45, 2.75) is 31.5 Å². The zero-order valence-electron chi connectivity index (χ0n) is 15.5.